The van der Waals surface area contributed by atoms with Crippen LogP contribution in [0.25, 0.3) is 0 Å². The molecule has 2 aromatic carbocycles. The van der Waals surface area contributed by atoms with E-state index in [4.69, 9.17) is 10.00 Å². The lowest BCUT2D eigenvalue weighted by molar-refractivity contribution is 0.368. The van der Waals surface area contributed by atoms with Gasteiger partial charge in [0.05, 0.1) is 0 Å². The molecular weight excluding hydrogens is 264 g/mol. The van der Waals surface area contributed by atoms with E-state index in [-0.39, 0.29) is 6.61 Å². The van der Waals surface area contributed by atoms with E-state index in [1.807, 2.05) is 56.3 Å². The summed E-state index contributed by atoms with van der Waals surface area (Å²) in [5, 5.41) is 21.6. The number of rotatable bonds is 5. The van der Waals surface area contributed by atoms with Gasteiger partial charge in [0.2, 0.25) is 0 Å². The predicted molar refractivity (Wildman–Crippen MR) is 82.5 cm³/mol. The van der Waals surface area contributed by atoms with Crippen LogP contribution in [0.5, 0.6) is 11.5 Å². The molecule has 0 spiro atoms. The van der Waals surface area contributed by atoms with E-state index in [2.05, 4.69) is 5.32 Å². The molecule has 108 valence electrons. The fraction of sp³-hybridized carbons (Fsp3) is 0.235. The number of benzene rings is 2. The molecule has 21 heavy (non-hydrogen) atoms. The third-order valence-corrected chi connectivity index (χ3v) is 3.18. The maximum absolute atomic E-state index is 9.77. The van der Waals surface area contributed by atoms with Crippen molar-refractivity contribution in [2.24, 2.45) is 0 Å². The molecule has 4 nitrogen and oxygen atoms in total. The van der Waals surface area contributed by atoms with Gasteiger partial charge in [-0.15, -0.1) is 0 Å². The van der Waals surface area contributed by atoms with E-state index in [1.165, 1.54) is 0 Å². The summed E-state index contributed by atoms with van der Waals surface area (Å²) in [6, 6.07) is 13.4. The van der Waals surface area contributed by atoms with Gasteiger partial charge in [0.25, 0.3) is 0 Å². The zero-order chi connectivity index (χ0) is 15.2. The molecule has 0 aliphatic rings. The minimum atomic E-state index is 0.0415. The first-order valence-corrected chi connectivity index (χ1v) is 6.73. The van der Waals surface area contributed by atoms with Crippen LogP contribution >= 0.6 is 0 Å². The quantitative estimate of drug-likeness (QED) is 0.880. The van der Waals surface area contributed by atoms with Crippen molar-refractivity contribution in [3.8, 4) is 17.6 Å². The first-order valence-electron chi connectivity index (χ1n) is 6.73. The maximum atomic E-state index is 9.77. The van der Waals surface area contributed by atoms with Crippen LogP contribution in [0.4, 0.5) is 5.69 Å². The molecule has 0 bridgehead atoms. The van der Waals surface area contributed by atoms with Crippen molar-refractivity contribution in [3.63, 3.8) is 0 Å². The van der Waals surface area contributed by atoms with Gasteiger partial charge >= 0.3 is 0 Å². The number of hydrogen-bond acceptors (Lipinski definition) is 4. The summed E-state index contributed by atoms with van der Waals surface area (Å²) in [6.07, 6.45) is 0. The number of nitrogens with zero attached hydrogens (tertiary/aromatic N) is 1. The summed E-state index contributed by atoms with van der Waals surface area (Å²) >= 11 is 0. The molecule has 2 N–H and O–H groups in total. The topological polar surface area (TPSA) is 65.3 Å². The van der Waals surface area contributed by atoms with E-state index < -0.39 is 0 Å². The van der Waals surface area contributed by atoms with E-state index in [9.17, 15) is 5.11 Å². The lowest BCUT2D eigenvalue weighted by Gasteiger charge is -2.11. The number of anilines is 1. The Morgan fingerprint density at radius 3 is 2.57 bits per heavy atom. The minimum absolute atomic E-state index is 0.0415. The Hall–Kier alpha value is -2.67. The molecule has 0 fully saturated rings. The van der Waals surface area contributed by atoms with E-state index >= 15 is 0 Å². The normalized spacial score (nSPS) is 9.95. The molecule has 0 aliphatic heterocycles. The number of phenolic OH excluding ortho intramolecular Hbond substituents is 1. The number of aryl methyl sites for hydroxylation is 2. The third kappa shape index (κ3) is 3.90. The highest BCUT2D eigenvalue weighted by molar-refractivity contribution is 5.49. The highest BCUT2D eigenvalue weighted by Crippen LogP contribution is 2.24. The van der Waals surface area contributed by atoms with Crippen LogP contribution in [0.15, 0.2) is 36.4 Å². The Labute approximate surface area is 124 Å². The average molecular weight is 282 g/mol. The number of ether oxygens (including phenoxy) is 1. The van der Waals surface area contributed by atoms with Gasteiger partial charge in [-0.05, 0) is 42.7 Å². The lowest BCUT2D eigenvalue weighted by Crippen LogP contribution is -2.01. The van der Waals surface area contributed by atoms with Crippen molar-refractivity contribution < 1.29 is 9.84 Å². The smallest absolute Gasteiger partial charge is 0.174 e. The van der Waals surface area contributed by atoms with E-state index in [0.717, 1.165) is 22.4 Å². The number of aromatic hydroxyl groups is 1. The summed E-state index contributed by atoms with van der Waals surface area (Å²) in [7, 11) is 0. The van der Waals surface area contributed by atoms with Gasteiger partial charge in [0.1, 0.15) is 17.6 Å². The number of nitrogens with one attached hydrogen (secondary N) is 1. The lowest BCUT2D eigenvalue weighted by atomic mass is 10.1. The Kier molecular flexibility index (Phi) is 4.68. The van der Waals surface area contributed by atoms with Gasteiger partial charge in [-0.25, -0.2) is 0 Å². The molecule has 0 heterocycles. The summed E-state index contributed by atoms with van der Waals surface area (Å²) in [5.74, 6) is 1.02. The predicted octanol–water partition coefficient (Wildman–Crippen LogP) is 3.52. The molecule has 2 rings (SSSR count). The Morgan fingerprint density at radius 1 is 1.19 bits per heavy atom. The first-order chi connectivity index (χ1) is 10.1. The zero-order valence-electron chi connectivity index (χ0n) is 12.2. The minimum Gasteiger partial charge on any atom is -0.507 e. The van der Waals surface area contributed by atoms with Crippen molar-refractivity contribution in [2.45, 2.75) is 20.4 Å². The standard InChI is InChI=1S/C17H18N2O2/c1-12-8-14(9-13(2)17(12)20)11-19-15-4-3-5-16(10-15)21-7-6-18/h3-5,8-10,19-20H,7,11H2,1-2H3. The van der Waals surface area contributed by atoms with Crippen molar-refractivity contribution in [1.29, 1.82) is 5.26 Å². The van der Waals surface area contributed by atoms with Crippen molar-refractivity contribution in [1.82, 2.24) is 0 Å². The van der Waals surface area contributed by atoms with Crippen LogP contribution in [-0.4, -0.2) is 11.7 Å². The van der Waals surface area contributed by atoms with Crippen LogP contribution in [-0.2, 0) is 6.54 Å². The van der Waals surface area contributed by atoms with Gasteiger partial charge in [0.15, 0.2) is 6.61 Å². The molecule has 0 saturated heterocycles. The summed E-state index contributed by atoms with van der Waals surface area (Å²) in [5.41, 5.74) is 3.77. The summed E-state index contributed by atoms with van der Waals surface area (Å²) in [6.45, 7) is 4.48. The highest BCUT2D eigenvalue weighted by Gasteiger charge is 2.03. The maximum Gasteiger partial charge on any atom is 0.174 e. The van der Waals surface area contributed by atoms with Crippen LogP contribution < -0.4 is 10.1 Å². The van der Waals surface area contributed by atoms with Crippen LogP contribution in [0.2, 0.25) is 0 Å². The number of nitriles is 1. The van der Waals surface area contributed by atoms with Gasteiger partial charge < -0.3 is 15.2 Å². The zero-order valence-corrected chi connectivity index (χ0v) is 12.2. The first kappa shape index (κ1) is 14.7. The molecule has 0 saturated carbocycles. The fourth-order valence-corrected chi connectivity index (χ4v) is 2.16. The summed E-state index contributed by atoms with van der Waals surface area (Å²) in [4.78, 5) is 0. The van der Waals surface area contributed by atoms with Crippen molar-refractivity contribution >= 4 is 5.69 Å². The molecule has 0 aliphatic carbocycles. The Morgan fingerprint density at radius 2 is 1.90 bits per heavy atom. The molecule has 0 aromatic heterocycles. The van der Waals surface area contributed by atoms with E-state index in [0.29, 0.717) is 18.0 Å². The average Bonchev–Trinajstić information content (AvgIpc) is 2.49. The second-order valence-electron chi connectivity index (χ2n) is 4.91. The molecule has 0 atom stereocenters. The van der Waals surface area contributed by atoms with Crippen LogP contribution in [0.1, 0.15) is 16.7 Å². The molecular formula is C17H18N2O2. The Balaban J connectivity index is 2.05. The highest BCUT2D eigenvalue weighted by atomic mass is 16.5. The van der Waals surface area contributed by atoms with Gasteiger partial charge in [-0.2, -0.15) is 5.26 Å². The third-order valence-electron chi connectivity index (χ3n) is 3.18. The molecule has 0 radical (unpaired) electrons. The Bertz CT molecular complexity index is 652. The fourth-order valence-electron chi connectivity index (χ4n) is 2.16. The summed E-state index contributed by atoms with van der Waals surface area (Å²) < 4.78 is 5.27. The molecule has 4 heteroatoms. The SMILES string of the molecule is Cc1cc(CNc2cccc(OCC#N)c2)cc(C)c1O. The van der Waals surface area contributed by atoms with Crippen molar-refractivity contribution in [3.05, 3.63) is 53.1 Å². The molecule has 0 amide bonds. The largest absolute Gasteiger partial charge is 0.507 e. The van der Waals surface area contributed by atoms with Gasteiger partial charge in [-0.3, -0.25) is 0 Å². The van der Waals surface area contributed by atoms with Crippen LogP contribution in [0, 0.1) is 25.2 Å². The second kappa shape index (κ2) is 6.67. The van der Waals surface area contributed by atoms with E-state index in [1.54, 1.807) is 0 Å². The monoisotopic (exact) mass is 282 g/mol. The van der Waals surface area contributed by atoms with Crippen molar-refractivity contribution in [2.75, 3.05) is 11.9 Å². The number of hydrogen-bond donors (Lipinski definition) is 2. The molecule has 2 aromatic rings. The second-order valence-corrected chi connectivity index (χ2v) is 4.91. The van der Waals surface area contributed by atoms with Gasteiger partial charge in [0, 0.05) is 18.3 Å². The van der Waals surface area contributed by atoms with Gasteiger partial charge in [-0.1, -0.05) is 18.2 Å². The van der Waals surface area contributed by atoms with Crippen LogP contribution in [0.3, 0.4) is 0 Å². The number of phenols is 1. The molecule has 0 unspecified atom stereocenters.